The number of carbonyl (C=O) groups is 1. The van der Waals surface area contributed by atoms with Crippen LogP contribution in [0.1, 0.15) is 53.3 Å². The van der Waals surface area contributed by atoms with Crippen LogP contribution in [0.4, 0.5) is 0 Å². The van der Waals surface area contributed by atoms with Crippen molar-refractivity contribution >= 4 is 40.7 Å². The van der Waals surface area contributed by atoms with Crippen molar-refractivity contribution in [3.63, 3.8) is 0 Å². The molecule has 7 heteroatoms. The predicted octanol–water partition coefficient (Wildman–Crippen LogP) is 6.85. The molecule has 1 fully saturated rings. The molecule has 1 aliphatic carbocycles. The lowest BCUT2D eigenvalue weighted by Gasteiger charge is -2.28. The number of carbonyl (C=O) groups excluding carboxylic acids is 1. The third-order valence-corrected chi connectivity index (χ3v) is 6.74. The molecule has 0 aromatic heterocycles. The van der Waals surface area contributed by atoms with E-state index < -0.39 is 12.2 Å². The number of aliphatic hydroxyl groups is 1. The minimum atomic E-state index is -0.523. The molecule has 0 saturated heterocycles. The van der Waals surface area contributed by atoms with Crippen LogP contribution in [-0.2, 0) is 0 Å². The number of nitrogens with one attached hydrogen (secondary N) is 1. The largest absolute Gasteiger partial charge is 0.479 e. The zero-order valence-electron chi connectivity index (χ0n) is 17.8. The van der Waals surface area contributed by atoms with E-state index in [2.05, 4.69) is 5.32 Å². The van der Waals surface area contributed by atoms with E-state index >= 15 is 0 Å². The van der Waals surface area contributed by atoms with E-state index in [1.807, 2.05) is 30.3 Å². The van der Waals surface area contributed by atoms with Gasteiger partial charge in [-0.05, 0) is 54.8 Å². The summed E-state index contributed by atoms with van der Waals surface area (Å²) in [4.78, 5) is 12.7. The van der Waals surface area contributed by atoms with Gasteiger partial charge in [-0.3, -0.25) is 4.79 Å². The zero-order chi connectivity index (χ0) is 23.4. The third-order valence-electron chi connectivity index (χ3n) is 5.85. The summed E-state index contributed by atoms with van der Waals surface area (Å²) in [6, 6.07) is 19.5. The van der Waals surface area contributed by atoms with Gasteiger partial charge in [-0.1, -0.05) is 78.0 Å². The van der Waals surface area contributed by atoms with Crippen LogP contribution >= 0.6 is 34.8 Å². The molecule has 4 nitrogen and oxygen atoms in total. The van der Waals surface area contributed by atoms with Gasteiger partial charge in [0.05, 0.1) is 17.2 Å². The Morgan fingerprint density at radius 3 is 2.36 bits per heavy atom. The summed E-state index contributed by atoms with van der Waals surface area (Å²) in [5.41, 5.74) is 2.05. The van der Waals surface area contributed by atoms with Crippen LogP contribution < -0.4 is 10.1 Å². The molecule has 0 aliphatic heterocycles. The first kappa shape index (κ1) is 23.9. The fourth-order valence-corrected chi connectivity index (χ4v) is 4.62. The summed E-state index contributed by atoms with van der Waals surface area (Å²) in [5.74, 6) is 0.153. The number of aliphatic hydroxyl groups excluding tert-OH is 1. The van der Waals surface area contributed by atoms with Crippen LogP contribution in [0.15, 0.2) is 66.7 Å². The zero-order valence-corrected chi connectivity index (χ0v) is 20.1. The van der Waals surface area contributed by atoms with Crippen LogP contribution in [0.5, 0.6) is 5.75 Å². The molecule has 1 saturated carbocycles. The van der Waals surface area contributed by atoms with Crippen molar-refractivity contribution in [3.8, 4) is 5.75 Å². The minimum absolute atomic E-state index is 0.240. The van der Waals surface area contributed by atoms with Crippen LogP contribution in [0.2, 0.25) is 15.1 Å². The summed E-state index contributed by atoms with van der Waals surface area (Å²) in [6.45, 7) is 0. The lowest BCUT2D eigenvalue weighted by Crippen LogP contribution is -2.45. The van der Waals surface area contributed by atoms with Gasteiger partial charge in [0, 0.05) is 21.2 Å². The van der Waals surface area contributed by atoms with Gasteiger partial charge in [0.1, 0.15) is 5.75 Å². The smallest absolute Gasteiger partial charge is 0.251 e. The van der Waals surface area contributed by atoms with Crippen molar-refractivity contribution in [1.82, 2.24) is 5.32 Å². The second-order valence-electron chi connectivity index (χ2n) is 8.15. The van der Waals surface area contributed by atoms with Crippen molar-refractivity contribution in [3.05, 3.63) is 98.5 Å². The van der Waals surface area contributed by atoms with E-state index in [9.17, 15) is 9.90 Å². The van der Waals surface area contributed by atoms with Gasteiger partial charge in [-0.15, -0.1) is 0 Å². The lowest BCUT2D eigenvalue weighted by atomic mass is 9.92. The van der Waals surface area contributed by atoms with Crippen LogP contribution in [0.25, 0.3) is 0 Å². The first-order valence-corrected chi connectivity index (χ1v) is 12.0. The Labute approximate surface area is 208 Å². The van der Waals surface area contributed by atoms with E-state index in [4.69, 9.17) is 39.5 Å². The van der Waals surface area contributed by atoms with Gasteiger partial charge in [-0.2, -0.15) is 0 Å². The van der Waals surface area contributed by atoms with Crippen LogP contribution in [0, 0.1) is 0 Å². The molecular weight excluding hydrogens is 481 g/mol. The number of halogens is 3. The van der Waals surface area contributed by atoms with Gasteiger partial charge in [-0.25, -0.2) is 0 Å². The number of hydrogen-bond donors (Lipinski definition) is 2. The minimum Gasteiger partial charge on any atom is -0.479 e. The fourth-order valence-electron chi connectivity index (χ4n) is 4.03. The number of rotatable bonds is 6. The van der Waals surface area contributed by atoms with Gasteiger partial charge in [0.15, 0.2) is 6.10 Å². The highest BCUT2D eigenvalue weighted by molar-refractivity contribution is 6.32. The van der Waals surface area contributed by atoms with Crippen molar-refractivity contribution in [2.75, 3.05) is 0 Å². The summed E-state index contributed by atoms with van der Waals surface area (Å²) in [6.07, 6.45) is 2.40. The topological polar surface area (TPSA) is 58.6 Å². The highest BCUT2D eigenvalue weighted by Gasteiger charge is 2.25. The molecule has 0 radical (unpaired) electrons. The molecule has 3 aromatic carbocycles. The molecule has 33 heavy (non-hydrogen) atoms. The first-order chi connectivity index (χ1) is 15.9. The quantitative estimate of drug-likeness (QED) is 0.386. The molecule has 0 heterocycles. The van der Waals surface area contributed by atoms with Crippen LogP contribution in [-0.4, -0.2) is 23.2 Å². The molecule has 2 N–H and O–H groups in total. The van der Waals surface area contributed by atoms with Crippen molar-refractivity contribution in [1.29, 1.82) is 0 Å². The highest BCUT2D eigenvalue weighted by atomic mass is 35.5. The van der Waals surface area contributed by atoms with Crippen molar-refractivity contribution in [2.45, 2.75) is 43.9 Å². The average molecular weight is 505 g/mol. The van der Waals surface area contributed by atoms with Gasteiger partial charge >= 0.3 is 0 Å². The van der Waals surface area contributed by atoms with E-state index in [1.54, 1.807) is 36.4 Å². The van der Waals surface area contributed by atoms with E-state index in [1.165, 1.54) is 0 Å². The Balaban J connectivity index is 1.57. The van der Waals surface area contributed by atoms with Gasteiger partial charge in [0.25, 0.3) is 5.91 Å². The monoisotopic (exact) mass is 503 g/mol. The molecule has 4 rings (SSSR count). The normalized spacial score (nSPS) is 19.0. The Kier molecular flexibility index (Phi) is 7.82. The second-order valence-corrected chi connectivity index (χ2v) is 9.40. The molecule has 3 aromatic rings. The molecule has 0 spiro atoms. The van der Waals surface area contributed by atoms with Gasteiger partial charge in [0.2, 0.25) is 0 Å². The SMILES string of the molecule is O=C(NC1CCCCC1O)c1ccc(OC(c2ccc(Cl)cc2)c2ccccc2Cl)c(Cl)c1. The molecule has 0 bridgehead atoms. The summed E-state index contributed by atoms with van der Waals surface area (Å²) in [5, 5.41) is 14.5. The maximum absolute atomic E-state index is 12.7. The predicted molar refractivity (Wildman–Crippen MR) is 133 cm³/mol. The maximum atomic E-state index is 12.7. The van der Waals surface area contributed by atoms with Crippen LogP contribution in [0.3, 0.4) is 0 Å². The number of ether oxygens (including phenoxy) is 1. The maximum Gasteiger partial charge on any atom is 0.251 e. The Morgan fingerprint density at radius 2 is 1.67 bits per heavy atom. The van der Waals surface area contributed by atoms with E-state index in [-0.39, 0.29) is 11.9 Å². The highest BCUT2D eigenvalue weighted by Crippen LogP contribution is 2.36. The Hall–Kier alpha value is -2.24. The summed E-state index contributed by atoms with van der Waals surface area (Å²) in [7, 11) is 0. The number of amides is 1. The standard InChI is InChI=1S/C26H24Cl3NO3/c27-18-12-9-16(10-13-18)25(19-5-1-2-6-20(19)28)33-24-14-11-17(15-21(24)29)26(32)30-22-7-3-4-8-23(22)31/h1-2,5-6,9-15,22-23,25,31H,3-4,7-8H2,(H,30,32). The molecule has 1 amide bonds. The number of benzene rings is 3. The average Bonchev–Trinajstić information content (AvgIpc) is 2.81. The molecule has 172 valence electrons. The Morgan fingerprint density at radius 1 is 0.939 bits per heavy atom. The third kappa shape index (κ3) is 5.82. The van der Waals surface area contributed by atoms with E-state index in [0.29, 0.717) is 32.8 Å². The van der Waals surface area contributed by atoms with E-state index in [0.717, 1.165) is 30.4 Å². The summed E-state index contributed by atoms with van der Waals surface area (Å²) < 4.78 is 6.31. The Bertz CT molecular complexity index is 1120. The first-order valence-electron chi connectivity index (χ1n) is 10.9. The van der Waals surface area contributed by atoms with Gasteiger partial charge < -0.3 is 15.2 Å². The molecule has 1 aliphatic rings. The molecule has 3 unspecified atom stereocenters. The second kappa shape index (κ2) is 10.8. The summed E-state index contributed by atoms with van der Waals surface area (Å²) >= 11 is 19.0. The molecule has 3 atom stereocenters. The fraction of sp³-hybridized carbons (Fsp3) is 0.269. The number of hydrogen-bond acceptors (Lipinski definition) is 3. The van der Waals surface area contributed by atoms with Crippen molar-refractivity contribution < 1.29 is 14.6 Å². The molecular formula is C26H24Cl3NO3. The van der Waals surface area contributed by atoms with Crippen molar-refractivity contribution in [2.24, 2.45) is 0 Å². The lowest BCUT2D eigenvalue weighted by molar-refractivity contribution is 0.0717.